The van der Waals surface area contributed by atoms with E-state index < -0.39 is 0 Å². The van der Waals surface area contributed by atoms with Crippen molar-refractivity contribution in [2.24, 2.45) is 0 Å². The number of hydrogen-bond acceptors (Lipinski definition) is 5. The Kier molecular flexibility index (Phi) is 7.77. The molecule has 0 aliphatic rings. The van der Waals surface area contributed by atoms with E-state index in [-0.39, 0.29) is 5.91 Å². The summed E-state index contributed by atoms with van der Waals surface area (Å²) in [5.41, 5.74) is 0.501. The summed E-state index contributed by atoms with van der Waals surface area (Å²) in [7, 11) is 1.60. The van der Waals surface area contributed by atoms with Gasteiger partial charge in [0.2, 0.25) is 5.91 Å². The van der Waals surface area contributed by atoms with Crippen LogP contribution in [0.5, 0.6) is 0 Å². The number of carbonyl (C=O) groups excluding carboxylic acids is 1. The minimum Gasteiger partial charge on any atom is -0.377 e. The van der Waals surface area contributed by atoms with Crippen molar-refractivity contribution >= 4 is 46.6 Å². The number of methoxy groups -OCH3 is 1. The fourth-order valence-electron chi connectivity index (χ4n) is 2.02. The first-order chi connectivity index (χ1) is 12.0. The van der Waals surface area contributed by atoms with E-state index in [2.05, 4.69) is 22.1 Å². The molecule has 2 rings (SSSR count). The van der Waals surface area contributed by atoms with Crippen LogP contribution in [0, 0.1) is 0 Å². The molecule has 0 radical (unpaired) electrons. The summed E-state index contributed by atoms with van der Waals surface area (Å²) < 4.78 is 7.01. The van der Waals surface area contributed by atoms with Crippen LogP contribution in [-0.4, -0.2) is 33.5 Å². The molecule has 0 spiro atoms. The standard InChI is InChI=1S/C16H18Cl2N4O2S/c1-3-7-22-14(10-24-2)20-21-16(22)25-8-6-15(23)19-13-9-11(17)4-5-12(13)18/h3-5,9H,1,6-8,10H2,2H3,(H,19,23). The maximum absolute atomic E-state index is 12.1. The molecule has 6 nitrogen and oxygen atoms in total. The number of hydrogen-bond donors (Lipinski definition) is 1. The molecule has 1 aromatic carbocycles. The fourth-order valence-corrected chi connectivity index (χ4v) is 3.26. The number of ether oxygens (including phenoxy) is 1. The molecule has 9 heteroatoms. The number of halogens is 2. The second kappa shape index (κ2) is 9.82. The summed E-state index contributed by atoms with van der Waals surface area (Å²) in [6, 6.07) is 4.93. The lowest BCUT2D eigenvalue weighted by atomic mass is 10.3. The molecular weight excluding hydrogens is 383 g/mol. The summed E-state index contributed by atoms with van der Waals surface area (Å²) in [5.74, 6) is 1.12. The Bertz CT molecular complexity index is 752. The summed E-state index contributed by atoms with van der Waals surface area (Å²) >= 11 is 13.4. The summed E-state index contributed by atoms with van der Waals surface area (Å²) in [6.45, 7) is 4.69. The summed E-state index contributed by atoms with van der Waals surface area (Å²) in [5, 5.41) is 12.7. The topological polar surface area (TPSA) is 69.0 Å². The monoisotopic (exact) mass is 400 g/mol. The zero-order valence-electron chi connectivity index (χ0n) is 13.7. The molecule has 2 aromatic rings. The van der Waals surface area contributed by atoms with Gasteiger partial charge in [0.1, 0.15) is 6.61 Å². The molecule has 1 amide bonds. The Balaban J connectivity index is 1.90. The van der Waals surface area contributed by atoms with Crippen LogP contribution in [0.15, 0.2) is 36.0 Å². The number of thioether (sulfide) groups is 1. The van der Waals surface area contributed by atoms with E-state index in [9.17, 15) is 4.79 Å². The fraction of sp³-hybridized carbons (Fsp3) is 0.312. The highest BCUT2D eigenvalue weighted by molar-refractivity contribution is 7.99. The van der Waals surface area contributed by atoms with Crippen molar-refractivity contribution in [3.8, 4) is 0 Å². The number of rotatable bonds is 9. The van der Waals surface area contributed by atoms with Crippen LogP contribution in [-0.2, 0) is 22.7 Å². The van der Waals surface area contributed by atoms with Gasteiger partial charge in [-0.05, 0) is 18.2 Å². The molecule has 1 heterocycles. The molecule has 0 bridgehead atoms. The Morgan fingerprint density at radius 3 is 2.96 bits per heavy atom. The van der Waals surface area contributed by atoms with E-state index in [0.29, 0.717) is 41.1 Å². The third-order valence-corrected chi connectivity index (χ3v) is 4.67. The number of benzene rings is 1. The zero-order chi connectivity index (χ0) is 18.2. The Morgan fingerprint density at radius 2 is 2.24 bits per heavy atom. The van der Waals surface area contributed by atoms with Crippen molar-refractivity contribution in [1.82, 2.24) is 14.8 Å². The predicted molar refractivity (Wildman–Crippen MR) is 101 cm³/mol. The second-order valence-electron chi connectivity index (χ2n) is 5.00. The van der Waals surface area contributed by atoms with Crippen LogP contribution in [0.1, 0.15) is 12.2 Å². The number of nitrogens with zero attached hydrogens (tertiary/aromatic N) is 3. The molecule has 0 aliphatic carbocycles. The molecular formula is C16H18Cl2N4O2S. The van der Waals surface area contributed by atoms with Crippen molar-refractivity contribution < 1.29 is 9.53 Å². The summed E-state index contributed by atoms with van der Waals surface area (Å²) in [4.78, 5) is 12.1. The van der Waals surface area contributed by atoms with Gasteiger partial charge in [0, 0.05) is 30.9 Å². The first-order valence-electron chi connectivity index (χ1n) is 7.44. The molecule has 0 saturated carbocycles. The smallest absolute Gasteiger partial charge is 0.225 e. The van der Waals surface area contributed by atoms with E-state index in [1.165, 1.54) is 11.8 Å². The highest BCUT2D eigenvalue weighted by Gasteiger charge is 2.13. The van der Waals surface area contributed by atoms with Gasteiger partial charge < -0.3 is 14.6 Å². The minimum absolute atomic E-state index is 0.149. The third kappa shape index (κ3) is 5.74. The Morgan fingerprint density at radius 1 is 1.44 bits per heavy atom. The van der Waals surface area contributed by atoms with Gasteiger partial charge in [-0.15, -0.1) is 16.8 Å². The van der Waals surface area contributed by atoms with Crippen LogP contribution in [0.2, 0.25) is 10.0 Å². The van der Waals surface area contributed by atoms with Crippen LogP contribution in [0.4, 0.5) is 5.69 Å². The van der Waals surface area contributed by atoms with Crippen LogP contribution < -0.4 is 5.32 Å². The van der Waals surface area contributed by atoms with E-state index in [1.54, 1.807) is 31.4 Å². The van der Waals surface area contributed by atoms with Gasteiger partial charge in [-0.2, -0.15) is 0 Å². The van der Waals surface area contributed by atoms with Gasteiger partial charge in [-0.25, -0.2) is 0 Å². The number of carbonyl (C=O) groups is 1. The molecule has 1 N–H and O–H groups in total. The quantitative estimate of drug-likeness (QED) is 0.507. The van der Waals surface area contributed by atoms with E-state index in [4.69, 9.17) is 27.9 Å². The molecule has 25 heavy (non-hydrogen) atoms. The highest BCUT2D eigenvalue weighted by atomic mass is 35.5. The van der Waals surface area contributed by atoms with Crippen molar-refractivity contribution in [3.05, 3.63) is 46.7 Å². The lowest BCUT2D eigenvalue weighted by molar-refractivity contribution is -0.115. The molecule has 0 fully saturated rings. The van der Waals surface area contributed by atoms with Crippen molar-refractivity contribution in [2.75, 3.05) is 18.2 Å². The SMILES string of the molecule is C=CCn1c(COC)nnc1SCCC(=O)Nc1cc(Cl)ccc1Cl. The third-order valence-electron chi connectivity index (χ3n) is 3.14. The average Bonchev–Trinajstić information content (AvgIpc) is 2.94. The summed E-state index contributed by atoms with van der Waals surface area (Å²) in [6.07, 6.45) is 2.06. The van der Waals surface area contributed by atoms with Gasteiger partial charge >= 0.3 is 0 Å². The molecule has 0 saturated heterocycles. The molecule has 134 valence electrons. The van der Waals surface area contributed by atoms with Gasteiger partial charge in [0.25, 0.3) is 0 Å². The van der Waals surface area contributed by atoms with Gasteiger partial charge in [-0.1, -0.05) is 41.0 Å². The first-order valence-corrected chi connectivity index (χ1v) is 9.19. The number of aromatic nitrogens is 3. The number of amides is 1. The number of allylic oxidation sites excluding steroid dienone is 1. The Labute approximate surface area is 160 Å². The first kappa shape index (κ1) is 19.8. The molecule has 0 unspecified atom stereocenters. The van der Waals surface area contributed by atoms with E-state index >= 15 is 0 Å². The lowest BCUT2D eigenvalue weighted by Crippen LogP contribution is -2.13. The normalized spacial score (nSPS) is 10.7. The molecule has 1 aromatic heterocycles. The molecule has 0 atom stereocenters. The van der Waals surface area contributed by atoms with Crippen LogP contribution in [0.3, 0.4) is 0 Å². The maximum atomic E-state index is 12.1. The van der Waals surface area contributed by atoms with Gasteiger partial charge in [-0.3, -0.25) is 4.79 Å². The average molecular weight is 401 g/mol. The lowest BCUT2D eigenvalue weighted by Gasteiger charge is -2.08. The van der Waals surface area contributed by atoms with Gasteiger partial charge in [0.15, 0.2) is 11.0 Å². The highest BCUT2D eigenvalue weighted by Crippen LogP contribution is 2.26. The maximum Gasteiger partial charge on any atom is 0.225 e. The number of nitrogens with one attached hydrogen (secondary N) is 1. The second-order valence-corrected chi connectivity index (χ2v) is 6.91. The van der Waals surface area contributed by atoms with E-state index in [0.717, 1.165) is 11.0 Å². The van der Waals surface area contributed by atoms with Crippen molar-refractivity contribution in [3.63, 3.8) is 0 Å². The largest absolute Gasteiger partial charge is 0.377 e. The van der Waals surface area contributed by atoms with Gasteiger partial charge in [0.05, 0.1) is 10.7 Å². The Hall–Kier alpha value is -1.54. The van der Waals surface area contributed by atoms with Crippen LogP contribution in [0.25, 0.3) is 0 Å². The van der Waals surface area contributed by atoms with Crippen molar-refractivity contribution in [1.29, 1.82) is 0 Å². The minimum atomic E-state index is -0.149. The van der Waals surface area contributed by atoms with Crippen molar-refractivity contribution in [2.45, 2.75) is 24.7 Å². The molecule has 0 aliphatic heterocycles. The van der Waals surface area contributed by atoms with Crippen LogP contribution >= 0.6 is 35.0 Å². The number of anilines is 1. The zero-order valence-corrected chi connectivity index (χ0v) is 16.0. The predicted octanol–water partition coefficient (Wildman–Crippen LogP) is 4.04. The van der Waals surface area contributed by atoms with E-state index in [1.807, 2.05) is 4.57 Å².